The number of anilines is 2. The number of nitrogens with one attached hydrogen (secondary N) is 2. The molecule has 2 amide bonds. The van der Waals surface area contributed by atoms with Gasteiger partial charge < -0.3 is 21.8 Å². The van der Waals surface area contributed by atoms with Gasteiger partial charge in [0, 0.05) is 11.3 Å². The zero-order valence-corrected chi connectivity index (χ0v) is 15.5. The fourth-order valence-electron chi connectivity index (χ4n) is 3.27. The van der Waals surface area contributed by atoms with Gasteiger partial charge in [-0.1, -0.05) is 54.6 Å². The Bertz CT molecular complexity index is 1220. The van der Waals surface area contributed by atoms with E-state index in [4.69, 9.17) is 11.5 Å². The van der Waals surface area contributed by atoms with Crippen molar-refractivity contribution in [3.05, 3.63) is 78.0 Å². The lowest BCUT2D eigenvalue weighted by Crippen LogP contribution is -2.19. The van der Waals surface area contributed by atoms with Crippen molar-refractivity contribution in [2.75, 3.05) is 11.1 Å². The van der Waals surface area contributed by atoms with E-state index >= 15 is 0 Å². The van der Waals surface area contributed by atoms with Crippen LogP contribution in [-0.2, 0) is 11.2 Å². The zero-order valence-electron chi connectivity index (χ0n) is 15.5. The van der Waals surface area contributed by atoms with Crippen LogP contribution in [0.1, 0.15) is 16.1 Å². The molecule has 7 heteroatoms. The number of hydrogen-bond acceptors (Lipinski definition) is 4. The first kappa shape index (κ1) is 18.2. The van der Waals surface area contributed by atoms with Crippen LogP contribution in [0.2, 0.25) is 0 Å². The molecule has 6 N–H and O–H groups in total. The Balaban J connectivity index is 1.61. The summed E-state index contributed by atoms with van der Waals surface area (Å²) in [6, 6.07) is 20.7. The fraction of sp³-hybridized carbons (Fsp3) is 0.0455. The maximum absolute atomic E-state index is 12.7. The van der Waals surface area contributed by atoms with Gasteiger partial charge >= 0.3 is 0 Å². The summed E-state index contributed by atoms with van der Waals surface area (Å²) in [5.74, 6) is -0.463. The second-order valence-corrected chi connectivity index (χ2v) is 6.66. The van der Waals surface area contributed by atoms with Crippen LogP contribution in [-0.4, -0.2) is 21.8 Å². The van der Waals surface area contributed by atoms with Crippen molar-refractivity contribution in [2.24, 2.45) is 5.73 Å². The smallest absolute Gasteiger partial charge is 0.271 e. The van der Waals surface area contributed by atoms with Crippen molar-refractivity contribution in [1.29, 1.82) is 0 Å². The monoisotopic (exact) mass is 385 g/mol. The van der Waals surface area contributed by atoms with Crippen LogP contribution in [0.15, 0.2) is 66.7 Å². The van der Waals surface area contributed by atoms with E-state index in [1.165, 1.54) is 0 Å². The van der Waals surface area contributed by atoms with Crippen LogP contribution in [0.4, 0.5) is 11.5 Å². The molecule has 0 aliphatic rings. The molecule has 0 saturated carbocycles. The molecule has 0 unspecified atom stereocenters. The molecule has 1 aromatic heterocycles. The van der Waals surface area contributed by atoms with Gasteiger partial charge in [0.25, 0.3) is 5.91 Å². The molecule has 3 aromatic carbocycles. The molecule has 4 rings (SSSR count). The Kier molecular flexibility index (Phi) is 4.70. The van der Waals surface area contributed by atoms with E-state index in [-0.39, 0.29) is 23.8 Å². The summed E-state index contributed by atoms with van der Waals surface area (Å²) in [4.78, 5) is 31.7. The number of nitrogen functional groups attached to an aromatic ring is 1. The van der Waals surface area contributed by atoms with Crippen LogP contribution >= 0.6 is 0 Å². The Hall–Kier alpha value is -4.13. The van der Waals surface area contributed by atoms with Gasteiger partial charge in [-0.05, 0) is 28.5 Å². The number of fused-ring (bicyclic) bond motifs is 1. The first-order valence-electron chi connectivity index (χ1n) is 9.03. The molecule has 1 heterocycles. The second-order valence-electron chi connectivity index (χ2n) is 6.66. The number of nitrogens with two attached hydrogens (primary N) is 2. The molecular formula is C22H19N5O2. The lowest BCUT2D eigenvalue weighted by Gasteiger charge is -2.07. The summed E-state index contributed by atoms with van der Waals surface area (Å²) < 4.78 is 0. The van der Waals surface area contributed by atoms with Crippen LogP contribution in [0.25, 0.3) is 22.2 Å². The fourth-order valence-corrected chi connectivity index (χ4v) is 3.27. The molecule has 7 nitrogen and oxygen atoms in total. The van der Waals surface area contributed by atoms with Crippen LogP contribution in [0, 0.1) is 0 Å². The Morgan fingerprint density at radius 1 is 1.00 bits per heavy atom. The quantitative estimate of drug-likeness (QED) is 0.394. The highest BCUT2D eigenvalue weighted by Gasteiger charge is 2.18. The van der Waals surface area contributed by atoms with Crippen molar-refractivity contribution < 1.29 is 9.59 Å². The average Bonchev–Trinajstić information content (AvgIpc) is 3.12. The molecule has 4 aromatic rings. The van der Waals surface area contributed by atoms with Crippen molar-refractivity contribution in [3.8, 4) is 11.4 Å². The summed E-state index contributed by atoms with van der Waals surface area (Å²) in [5.41, 5.74) is 13.3. The second kappa shape index (κ2) is 7.47. The number of amides is 2. The molecule has 0 bridgehead atoms. The normalized spacial score (nSPS) is 10.8. The molecule has 0 aliphatic heterocycles. The first-order valence-corrected chi connectivity index (χ1v) is 9.03. The highest BCUT2D eigenvalue weighted by atomic mass is 16.2. The first-order chi connectivity index (χ1) is 14.0. The van der Waals surface area contributed by atoms with Crippen LogP contribution in [0.3, 0.4) is 0 Å². The summed E-state index contributed by atoms with van der Waals surface area (Å²) in [5, 5.41) is 4.78. The number of carbonyl (C=O) groups excluding carboxylic acids is 2. The topological polar surface area (TPSA) is 127 Å². The average molecular weight is 385 g/mol. The molecule has 0 saturated heterocycles. The third-order valence-electron chi connectivity index (χ3n) is 4.59. The van der Waals surface area contributed by atoms with Crippen LogP contribution in [0.5, 0.6) is 0 Å². The minimum absolute atomic E-state index is 0.0336. The molecule has 0 radical (unpaired) electrons. The van der Waals surface area contributed by atoms with Crippen LogP contribution < -0.4 is 16.8 Å². The molecule has 144 valence electrons. The highest BCUT2D eigenvalue weighted by molar-refractivity contribution is 6.02. The van der Waals surface area contributed by atoms with E-state index in [9.17, 15) is 9.59 Å². The highest BCUT2D eigenvalue weighted by Crippen LogP contribution is 2.24. The van der Waals surface area contributed by atoms with Gasteiger partial charge in [0.1, 0.15) is 11.6 Å². The van der Waals surface area contributed by atoms with Gasteiger partial charge in [0.15, 0.2) is 5.69 Å². The number of hydrogen-bond donors (Lipinski definition) is 4. The zero-order chi connectivity index (χ0) is 20.4. The molecule has 0 atom stereocenters. The van der Waals surface area contributed by atoms with Gasteiger partial charge in [-0.15, -0.1) is 0 Å². The predicted molar refractivity (Wildman–Crippen MR) is 113 cm³/mol. The van der Waals surface area contributed by atoms with Gasteiger partial charge in [-0.25, -0.2) is 4.98 Å². The molecule has 0 spiro atoms. The van der Waals surface area contributed by atoms with Gasteiger partial charge in [0.05, 0.1) is 6.42 Å². The summed E-state index contributed by atoms with van der Waals surface area (Å²) in [7, 11) is 0. The maximum atomic E-state index is 12.7. The van der Waals surface area contributed by atoms with Crippen molar-refractivity contribution in [2.45, 2.75) is 6.42 Å². The Morgan fingerprint density at radius 3 is 2.55 bits per heavy atom. The van der Waals surface area contributed by atoms with Gasteiger partial charge in [-0.2, -0.15) is 0 Å². The third kappa shape index (κ3) is 3.79. The summed E-state index contributed by atoms with van der Waals surface area (Å²) in [6.07, 6.45) is 0.145. The largest absolute Gasteiger partial charge is 0.399 e. The molecular weight excluding hydrogens is 366 g/mol. The number of benzene rings is 3. The number of imidazole rings is 1. The van der Waals surface area contributed by atoms with Crippen molar-refractivity contribution in [3.63, 3.8) is 0 Å². The van der Waals surface area contributed by atoms with E-state index < -0.39 is 5.91 Å². The minimum atomic E-state index is -0.739. The van der Waals surface area contributed by atoms with E-state index in [1.807, 2.05) is 42.5 Å². The number of aromatic amines is 1. The predicted octanol–water partition coefficient (Wildman–Crippen LogP) is 3.09. The SMILES string of the molecule is NC(=O)c1nc(-c2cccc(N)c2)[nH]c1NC(=O)Cc1cccc2ccccc12. The van der Waals surface area contributed by atoms with Gasteiger partial charge in [-0.3, -0.25) is 9.59 Å². The Morgan fingerprint density at radius 2 is 1.76 bits per heavy atom. The summed E-state index contributed by atoms with van der Waals surface area (Å²) >= 11 is 0. The maximum Gasteiger partial charge on any atom is 0.271 e. The standard InChI is InChI=1S/C22H19N5O2/c23-16-9-4-8-15(11-16)21-26-19(20(24)29)22(27-21)25-18(28)12-14-7-3-6-13-5-1-2-10-17(13)14/h1-11H,12,23H2,(H2,24,29)(H,25,28)(H,26,27). The number of nitrogens with zero attached hydrogens (tertiary/aromatic N) is 1. The Labute approximate surface area is 166 Å². The summed E-state index contributed by atoms with van der Waals surface area (Å²) in [6.45, 7) is 0. The van der Waals surface area contributed by atoms with E-state index in [2.05, 4.69) is 15.3 Å². The molecule has 0 aliphatic carbocycles. The lowest BCUT2D eigenvalue weighted by atomic mass is 10.0. The molecule has 0 fully saturated rings. The van der Waals surface area contributed by atoms with E-state index in [0.717, 1.165) is 16.3 Å². The number of rotatable bonds is 5. The van der Waals surface area contributed by atoms with E-state index in [0.29, 0.717) is 17.1 Å². The minimum Gasteiger partial charge on any atom is -0.399 e. The number of primary amides is 1. The van der Waals surface area contributed by atoms with Crippen molar-refractivity contribution >= 4 is 34.1 Å². The number of aromatic nitrogens is 2. The van der Waals surface area contributed by atoms with Crippen molar-refractivity contribution in [1.82, 2.24) is 9.97 Å². The van der Waals surface area contributed by atoms with Gasteiger partial charge in [0.2, 0.25) is 5.91 Å². The lowest BCUT2D eigenvalue weighted by molar-refractivity contribution is -0.115. The third-order valence-corrected chi connectivity index (χ3v) is 4.59. The van der Waals surface area contributed by atoms with E-state index in [1.54, 1.807) is 24.3 Å². The number of H-pyrrole nitrogens is 1. The molecule has 29 heavy (non-hydrogen) atoms. The number of carbonyl (C=O) groups is 2.